The molecule has 1 aromatic carbocycles. The van der Waals surface area contributed by atoms with Crippen molar-refractivity contribution in [3.8, 4) is 0 Å². The zero-order valence-corrected chi connectivity index (χ0v) is 11.7. The standard InChI is InChI=1S/C12H14N2O3S2/c15-5-8(16)6-18-7-11(17)14-12-13-9-3-1-2-4-10(9)19-12/h1-4,8,15-16H,5-7H2,(H,13,14,17). The number of anilines is 1. The summed E-state index contributed by atoms with van der Waals surface area (Å²) >= 11 is 2.70. The maximum Gasteiger partial charge on any atom is 0.236 e. The minimum Gasteiger partial charge on any atom is -0.394 e. The third-order valence-corrected chi connectivity index (χ3v) is 4.33. The fourth-order valence-corrected chi connectivity index (χ4v) is 3.06. The average Bonchev–Trinajstić information content (AvgIpc) is 2.80. The highest BCUT2D eigenvalue weighted by Crippen LogP contribution is 2.25. The van der Waals surface area contributed by atoms with Crippen LogP contribution in [0.2, 0.25) is 0 Å². The minimum atomic E-state index is -0.778. The Balaban J connectivity index is 1.85. The lowest BCUT2D eigenvalue weighted by molar-refractivity contribution is -0.113. The zero-order valence-electron chi connectivity index (χ0n) is 10.1. The molecule has 3 N–H and O–H groups in total. The molecule has 19 heavy (non-hydrogen) atoms. The maximum atomic E-state index is 11.6. The van der Waals surface area contributed by atoms with Crippen LogP contribution in [0.4, 0.5) is 5.13 Å². The molecular weight excluding hydrogens is 284 g/mol. The number of fused-ring (bicyclic) bond motifs is 1. The van der Waals surface area contributed by atoms with Gasteiger partial charge in [-0.1, -0.05) is 23.5 Å². The fourth-order valence-electron chi connectivity index (χ4n) is 1.42. The second kappa shape index (κ2) is 6.85. The number of amides is 1. The van der Waals surface area contributed by atoms with Crippen molar-refractivity contribution < 1.29 is 15.0 Å². The number of rotatable bonds is 6. The molecule has 0 aliphatic rings. The molecule has 0 aliphatic heterocycles. The third kappa shape index (κ3) is 4.17. The Morgan fingerprint density at radius 3 is 3.00 bits per heavy atom. The minimum absolute atomic E-state index is 0.158. The highest BCUT2D eigenvalue weighted by Gasteiger charge is 2.09. The summed E-state index contributed by atoms with van der Waals surface area (Å²) < 4.78 is 1.03. The fraction of sp³-hybridized carbons (Fsp3) is 0.333. The molecule has 0 spiro atoms. The average molecular weight is 298 g/mol. The first-order valence-electron chi connectivity index (χ1n) is 5.71. The highest BCUT2D eigenvalue weighted by molar-refractivity contribution is 8.00. The molecule has 2 aromatic rings. The molecular formula is C12H14N2O3S2. The van der Waals surface area contributed by atoms with Crippen LogP contribution in [0.3, 0.4) is 0 Å². The lowest BCUT2D eigenvalue weighted by Gasteiger charge is -2.05. The van der Waals surface area contributed by atoms with Crippen LogP contribution in [-0.2, 0) is 4.79 Å². The summed E-state index contributed by atoms with van der Waals surface area (Å²) in [6, 6.07) is 7.68. The second-order valence-corrected chi connectivity index (χ2v) is 5.95. The third-order valence-electron chi connectivity index (χ3n) is 2.29. The maximum absolute atomic E-state index is 11.6. The van der Waals surface area contributed by atoms with E-state index in [0.29, 0.717) is 10.9 Å². The number of hydrogen-bond acceptors (Lipinski definition) is 6. The van der Waals surface area contributed by atoms with Crippen LogP contribution in [0.1, 0.15) is 0 Å². The summed E-state index contributed by atoms with van der Waals surface area (Å²) in [5.41, 5.74) is 0.867. The number of carbonyl (C=O) groups excluding carboxylic acids is 1. The molecule has 0 bridgehead atoms. The SMILES string of the molecule is O=C(CSCC(O)CO)Nc1nc2ccccc2s1. The van der Waals surface area contributed by atoms with E-state index in [1.54, 1.807) is 0 Å². The second-order valence-electron chi connectivity index (χ2n) is 3.89. The van der Waals surface area contributed by atoms with E-state index < -0.39 is 6.10 Å². The number of aliphatic hydroxyl groups is 2. The normalized spacial score (nSPS) is 12.5. The largest absolute Gasteiger partial charge is 0.394 e. The summed E-state index contributed by atoms with van der Waals surface area (Å²) in [6.45, 7) is -0.285. The Hall–Kier alpha value is -1.15. The predicted molar refractivity (Wildman–Crippen MR) is 78.7 cm³/mol. The summed E-state index contributed by atoms with van der Waals surface area (Å²) in [4.78, 5) is 15.9. The number of nitrogens with zero attached hydrogens (tertiary/aromatic N) is 1. The first kappa shape index (κ1) is 14.3. The van der Waals surface area contributed by atoms with Gasteiger partial charge in [-0.3, -0.25) is 4.79 Å². The van der Waals surface area contributed by atoms with Gasteiger partial charge in [-0.15, -0.1) is 11.8 Å². The summed E-state index contributed by atoms with van der Waals surface area (Å²) in [7, 11) is 0. The van der Waals surface area contributed by atoms with Crippen LogP contribution in [-0.4, -0.2) is 45.3 Å². The summed E-state index contributed by atoms with van der Waals surface area (Å²) in [5.74, 6) is 0.408. The molecule has 1 aromatic heterocycles. The number of aliphatic hydroxyl groups excluding tert-OH is 2. The zero-order chi connectivity index (χ0) is 13.7. The Morgan fingerprint density at radius 2 is 2.26 bits per heavy atom. The first-order valence-corrected chi connectivity index (χ1v) is 7.68. The van der Waals surface area contributed by atoms with Crippen molar-refractivity contribution >= 4 is 44.4 Å². The molecule has 1 atom stereocenters. The first-order chi connectivity index (χ1) is 9.19. The number of thiazole rings is 1. The van der Waals surface area contributed by atoms with Gasteiger partial charge in [0.15, 0.2) is 5.13 Å². The van der Waals surface area contributed by atoms with Crippen LogP contribution in [0.5, 0.6) is 0 Å². The van der Waals surface area contributed by atoms with Gasteiger partial charge in [-0.2, -0.15) is 0 Å². The molecule has 7 heteroatoms. The van der Waals surface area contributed by atoms with Crippen molar-refractivity contribution in [1.29, 1.82) is 0 Å². The van der Waals surface area contributed by atoms with Gasteiger partial charge >= 0.3 is 0 Å². The monoisotopic (exact) mass is 298 g/mol. The smallest absolute Gasteiger partial charge is 0.236 e. The van der Waals surface area contributed by atoms with Gasteiger partial charge in [0.1, 0.15) is 0 Å². The Kier molecular flexibility index (Phi) is 5.15. The number of carbonyl (C=O) groups is 1. The van der Waals surface area contributed by atoms with Crippen molar-refractivity contribution in [2.24, 2.45) is 0 Å². The lowest BCUT2D eigenvalue weighted by Crippen LogP contribution is -2.19. The molecule has 1 unspecified atom stereocenters. The van der Waals surface area contributed by atoms with Gasteiger partial charge in [-0.05, 0) is 12.1 Å². The molecule has 0 radical (unpaired) electrons. The molecule has 0 saturated heterocycles. The highest BCUT2D eigenvalue weighted by atomic mass is 32.2. The molecule has 102 valence electrons. The van der Waals surface area contributed by atoms with Crippen molar-refractivity contribution in [3.63, 3.8) is 0 Å². The molecule has 5 nitrogen and oxygen atoms in total. The number of nitrogens with one attached hydrogen (secondary N) is 1. The number of aromatic nitrogens is 1. The van der Waals surface area contributed by atoms with E-state index in [0.717, 1.165) is 10.2 Å². The summed E-state index contributed by atoms with van der Waals surface area (Å²) in [5, 5.41) is 21.1. The van der Waals surface area contributed by atoms with E-state index in [2.05, 4.69) is 10.3 Å². The van der Waals surface area contributed by atoms with Gasteiger partial charge in [0.2, 0.25) is 5.91 Å². The van der Waals surface area contributed by atoms with Gasteiger partial charge in [0, 0.05) is 5.75 Å². The van der Waals surface area contributed by atoms with E-state index in [-0.39, 0.29) is 18.3 Å². The van der Waals surface area contributed by atoms with E-state index in [9.17, 15) is 4.79 Å². The van der Waals surface area contributed by atoms with Gasteiger partial charge in [-0.25, -0.2) is 4.98 Å². The lowest BCUT2D eigenvalue weighted by atomic mass is 10.3. The van der Waals surface area contributed by atoms with Crippen LogP contribution >= 0.6 is 23.1 Å². The van der Waals surface area contributed by atoms with Crippen molar-refractivity contribution in [2.45, 2.75) is 6.10 Å². The van der Waals surface area contributed by atoms with E-state index >= 15 is 0 Å². The number of para-hydroxylation sites is 1. The predicted octanol–water partition coefficient (Wildman–Crippen LogP) is 1.32. The topological polar surface area (TPSA) is 82.5 Å². The molecule has 1 heterocycles. The number of hydrogen-bond donors (Lipinski definition) is 3. The van der Waals surface area contributed by atoms with Crippen LogP contribution < -0.4 is 5.32 Å². The van der Waals surface area contributed by atoms with Crippen LogP contribution in [0.15, 0.2) is 24.3 Å². The van der Waals surface area contributed by atoms with E-state index in [1.807, 2.05) is 24.3 Å². The van der Waals surface area contributed by atoms with Gasteiger partial charge in [0.25, 0.3) is 0 Å². The van der Waals surface area contributed by atoms with E-state index in [4.69, 9.17) is 10.2 Å². The van der Waals surface area contributed by atoms with Crippen molar-refractivity contribution in [3.05, 3.63) is 24.3 Å². The Labute approximate surface area is 118 Å². The number of thioether (sulfide) groups is 1. The summed E-state index contributed by atoms with van der Waals surface area (Å²) in [6.07, 6.45) is -0.778. The molecule has 1 amide bonds. The molecule has 0 aliphatic carbocycles. The number of benzene rings is 1. The van der Waals surface area contributed by atoms with Crippen LogP contribution in [0.25, 0.3) is 10.2 Å². The van der Waals surface area contributed by atoms with Crippen LogP contribution in [0, 0.1) is 0 Å². The Bertz CT molecular complexity index is 526. The molecule has 0 saturated carbocycles. The van der Waals surface area contributed by atoms with E-state index in [1.165, 1.54) is 23.1 Å². The van der Waals surface area contributed by atoms with Gasteiger partial charge in [0.05, 0.1) is 28.7 Å². The van der Waals surface area contributed by atoms with Crippen molar-refractivity contribution in [2.75, 3.05) is 23.4 Å². The van der Waals surface area contributed by atoms with Crippen molar-refractivity contribution in [1.82, 2.24) is 4.98 Å². The molecule has 2 rings (SSSR count). The van der Waals surface area contributed by atoms with Gasteiger partial charge < -0.3 is 15.5 Å². The quantitative estimate of drug-likeness (QED) is 0.749. The molecule has 0 fully saturated rings. The Morgan fingerprint density at radius 1 is 1.47 bits per heavy atom.